The smallest absolute Gasteiger partial charge is 0.0832 e. The van der Waals surface area contributed by atoms with Crippen LogP contribution in [0.3, 0.4) is 0 Å². The Hall–Kier alpha value is -0.0800. The Labute approximate surface area is 82.1 Å². The molecule has 12 heavy (non-hydrogen) atoms. The average Bonchev–Trinajstić information content (AvgIpc) is 2.55. The molecule has 1 aromatic rings. The van der Waals surface area contributed by atoms with E-state index >= 15 is 0 Å². The SMILES string of the molecule is CC1(c2ccccc2)SCCS1. The van der Waals surface area contributed by atoms with Crippen LogP contribution in [0.4, 0.5) is 0 Å². The van der Waals surface area contributed by atoms with Crippen LogP contribution in [0.25, 0.3) is 0 Å². The molecule has 1 fully saturated rings. The van der Waals surface area contributed by atoms with E-state index in [1.165, 1.54) is 17.1 Å². The fourth-order valence-corrected chi connectivity index (χ4v) is 4.31. The molecule has 0 nitrogen and oxygen atoms in total. The predicted molar refractivity (Wildman–Crippen MR) is 58.7 cm³/mol. The zero-order chi connectivity index (χ0) is 8.44. The van der Waals surface area contributed by atoms with Gasteiger partial charge in [0.15, 0.2) is 0 Å². The predicted octanol–water partition coefficient (Wildman–Crippen LogP) is 3.34. The maximum Gasteiger partial charge on any atom is 0.0832 e. The standard InChI is InChI=1S/C10H12S2/c1-10(11-7-8-12-10)9-5-3-2-4-6-9/h2-6H,7-8H2,1H3. The highest BCUT2D eigenvalue weighted by Crippen LogP contribution is 2.51. The van der Waals surface area contributed by atoms with Crippen LogP contribution in [0.15, 0.2) is 30.3 Å². The largest absolute Gasteiger partial charge is 0.139 e. The van der Waals surface area contributed by atoms with Crippen molar-refractivity contribution in [1.29, 1.82) is 0 Å². The molecule has 64 valence electrons. The van der Waals surface area contributed by atoms with Crippen molar-refractivity contribution in [3.8, 4) is 0 Å². The van der Waals surface area contributed by atoms with Crippen LogP contribution >= 0.6 is 23.5 Å². The summed E-state index contributed by atoms with van der Waals surface area (Å²) in [5, 5.41) is 0. The zero-order valence-electron chi connectivity index (χ0n) is 7.12. The molecule has 0 amide bonds. The number of rotatable bonds is 1. The first-order valence-electron chi connectivity index (χ1n) is 4.15. The lowest BCUT2D eigenvalue weighted by molar-refractivity contribution is 1.02. The fourth-order valence-electron chi connectivity index (χ4n) is 1.42. The van der Waals surface area contributed by atoms with E-state index in [1.807, 2.05) is 0 Å². The lowest BCUT2D eigenvalue weighted by Gasteiger charge is -2.21. The van der Waals surface area contributed by atoms with Crippen molar-refractivity contribution < 1.29 is 0 Å². The van der Waals surface area contributed by atoms with Gasteiger partial charge in [-0.05, 0) is 12.5 Å². The van der Waals surface area contributed by atoms with Gasteiger partial charge in [-0.3, -0.25) is 0 Å². The summed E-state index contributed by atoms with van der Waals surface area (Å²) in [5.41, 5.74) is 1.46. The first kappa shape index (κ1) is 8.52. The molecule has 1 aliphatic heterocycles. The second-order valence-corrected chi connectivity index (χ2v) is 6.29. The Morgan fingerprint density at radius 2 is 1.67 bits per heavy atom. The summed E-state index contributed by atoms with van der Waals surface area (Å²) in [6, 6.07) is 10.8. The molecule has 0 aromatic heterocycles. The molecule has 0 unspecified atom stereocenters. The van der Waals surface area contributed by atoms with Crippen molar-refractivity contribution in [1.82, 2.24) is 0 Å². The van der Waals surface area contributed by atoms with Crippen LogP contribution in [0.5, 0.6) is 0 Å². The molecule has 0 N–H and O–H groups in total. The third-order valence-corrected chi connectivity index (χ3v) is 5.49. The zero-order valence-corrected chi connectivity index (χ0v) is 8.75. The summed E-state index contributed by atoms with van der Waals surface area (Å²) in [4.78, 5) is 0. The summed E-state index contributed by atoms with van der Waals surface area (Å²) >= 11 is 4.12. The minimum absolute atomic E-state index is 0.321. The lowest BCUT2D eigenvalue weighted by Crippen LogP contribution is -2.07. The first-order chi connectivity index (χ1) is 5.81. The van der Waals surface area contributed by atoms with Gasteiger partial charge in [0.1, 0.15) is 0 Å². The van der Waals surface area contributed by atoms with Crippen molar-refractivity contribution in [2.45, 2.75) is 11.0 Å². The van der Waals surface area contributed by atoms with Crippen molar-refractivity contribution >= 4 is 23.5 Å². The Bertz CT molecular complexity index is 250. The quantitative estimate of drug-likeness (QED) is 0.675. The molecule has 0 spiro atoms. The summed E-state index contributed by atoms with van der Waals surface area (Å²) in [5.74, 6) is 2.58. The Morgan fingerprint density at radius 1 is 1.08 bits per heavy atom. The van der Waals surface area contributed by atoms with Gasteiger partial charge in [0.25, 0.3) is 0 Å². The Morgan fingerprint density at radius 3 is 2.25 bits per heavy atom. The molecule has 1 heterocycles. The molecule has 2 heteroatoms. The minimum Gasteiger partial charge on any atom is -0.139 e. The van der Waals surface area contributed by atoms with Crippen molar-refractivity contribution in [3.63, 3.8) is 0 Å². The fraction of sp³-hybridized carbons (Fsp3) is 0.400. The van der Waals surface area contributed by atoms with Crippen LogP contribution in [0, 0.1) is 0 Å². The molecular weight excluding hydrogens is 184 g/mol. The second kappa shape index (κ2) is 3.35. The molecule has 0 radical (unpaired) electrons. The highest BCUT2D eigenvalue weighted by Gasteiger charge is 2.31. The van der Waals surface area contributed by atoms with E-state index in [1.54, 1.807) is 0 Å². The summed E-state index contributed by atoms with van der Waals surface area (Å²) in [6.07, 6.45) is 0. The summed E-state index contributed by atoms with van der Waals surface area (Å²) in [7, 11) is 0. The van der Waals surface area contributed by atoms with E-state index < -0.39 is 0 Å². The molecule has 1 aromatic carbocycles. The number of thioether (sulfide) groups is 2. The molecule has 2 rings (SSSR count). The van der Waals surface area contributed by atoms with Gasteiger partial charge in [-0.1, -0.05) is 30.3 Å². The van der Waals surface area contributed by atoms with Gasteiger partial charge in [0, 0.05) is 11.5 Å². The second-order valence-electron chi connectivity index (χ2n) is 3.01. The topological polar surface area (TPSA) is 0 Å². The van der Waals surface area contributed by atoms with Crippen molar-refractivity contribution in [2.24, 2.45) is 0 Å². The number of hydrogen-bond acceptors (Lipinski definition) is 2. The van der Waals surface area contributed by atoms with E-state index in [-0.39, 0.29) is 0 Å². The number of benzene rings is 1. The van der Waals surface area contributed by atoms with Gasteiger partial charge < -0.3 is 0 Å². The van der Waals surface area contributed by atoms with Crippen molar-refractivity contribution in [3.05, 3.63) is 35.9 Å². The van der Waals surface area contributed by atoms with Crippen LogP contribution < -0.4 is 0 Å². The minimum atomic E-state index is 0.321. The molecule has 0 aliphatic carbocycles. The lowest BCUT2D eigenvalue weighted by atomic mass is 10.2. The van der Waals surface area contributed by atoms with Gasteiger partial charge in [-0.15, -0.1) is 23.5 Å². The third kappa shape index (κ3) is 1.50. The van der Waals surface area contributed by atoms with Crippen LogP contribution in [-0.4, -0.2) is 11.5 Å². The molecule has 0 atom stereocenters. The monoisotopic (exact) mass is 196 g/mol. The summed E-state index contributed by atoms with van der Waals surface area (Å²) < 4.78 is 0.321. The Kier molecular flexibility index (Phi) is 2.37. The van der Waals surface area contributed by atoms with Gasteiger partial charge in [0.2, 0.25) is 0 Å². The number of hydrogen-bond donors (Lipinski definition) is 0. The Balaban J connectivity index is 2.29. The van der Waals surface area contributed by atoms with E-state index in [9.17, 15) is 0 Å². The van der Waals surface area contributed by atoms with Crippen LogP contribution in [-0.2, 0) is 4.08 Å². The third-order valence-electron chi connectivity index (χ3n) is 2.14. The van der Waals surface area contributed by atoms with E-state index in [2.05, 4.69) is 60.8 Å². The van der Waals surface area contributed by atoms with Crippen molar-refractivity contribution in [2.75, 3.05) is 11.5 Å². The highest BCUT2D eigenvalue weighted by molar-refractivity contribution is 8.20. The van der Waals surface area contributed by atoms with Gasteiger partial charge in [-0.2, -0.15) is 0 Å². The van der Waals surface area contributed by atoms with Gasteiger partial charge in [0.05, 0.1) is 4.08 Å². The van der Waals surface area contributed by atoms with E-state index in [0.29, 0.717) is 4.08 Å². The molecule has 0 saturated carbocycles. The molecular formula is C10H12S2. The van der Waals surface area contributed by atoms with Gasteiger partial charge in [-0.25, -0.2) is 0 Å². The maximum absolute atomic E-state index is 2.32. The highest BCUT2D eigenvalue weighted by atomic mass is 32.2. The molecule has 1 saturated heterocycles. The maximum atomic E-state index is 2.32. The molecule has 0 bridgehead atoms. The van der Waals surface area contributed by atoms with Crippen LogP contribution in [0.1, 0.15) is 12.5 Å². The summed E-state index contributed by atoms with van der Waals surface area (Å²) in [6.45, 7) is 2.32. The van der Waals surface area contributed by atoms with Crippen LogP contribution in [0.2, 0.25) is 0 Å². The molecule has 1 aliphatic rings. The normalized spacial score (nSPS) is 21.1. The van der Waals surface area contributed by atoms with Gasteiger partial charge >= 0.3 is 0 Å². The average molecular weight is 196 g/mol. The first-order valence-corrected chi connectivity index (χ1v) is 6.12. The van der Waals surface area contributed by atoms with E-state index in [0.717, 1.165) is 0 Å². The van der Waals surface area contributed by atoms with E-state index in [4.69, 9.17) is 0 Å².